The molecule has 7 nitrogen and oxygen atoms in total. The third-order valence-corrected chi connectivity index (χ3v) is 4.03. The average molecular weight is 355 g/mol. The number of amides is 2. The number of hydrogen-bond donors (Lipinski definition) is 1. The molecular formula is C16H25N3O4S. The van der Waals surface area contributed by atoms with E-state index >= 15 is 0 Å². The van der Waals surface area contributed by atoms with Crippen molar-refractivity contribution in [3.63, 3.8) is 0 Å². The fourth-order valence-electron chi connectivity index (χ4n) is 1.97. The smallest absolute Gasteiger partial charge is 0.305 e. The zero-order valence-electron chi connectivity index (χ0n) is 14.4. The maximum absolute atomic E-state index is 12.3. The van der Waals surface area contributed by atoms with E-state index in [0.29, 0.717) is 24.0 Å². The molecule has 0 spiro atoms. The number of hydrogen-bond acceptors (Lipinski definition) is 6. The lowest BCUT2D eigenvalue weighted by molar-refractivity contribution is -0.141. The third kappa shape index (κ3) is 8.05. The highest BCUT2D eigenvalue weighted by Crippen LogP contribution is 2.11. The van der Waals surface area contributed by atoms with Crippen molar-refractivity contribution in [1.82, 2.24) is 9.88 Å². The number of nitrogens with zero attached hydrogens (tertiary/aromatic N) is 2. The van der Waals surface area contributed by atoms with Gasteiger partial charge in [-0.05, 0) is 18.8 Å². The Morgan fingerprint density at radius 3 is 2.67 bits per heavy atom. The fourth-order valence-corrected chi connectivity index (χ4v) is 2.51. The first-order valence-electron chi connectivity index (χ1n) is 7.96. The minimum absolute atomic E-state index is 0.0106. The molecule has 24 heavy (non-hydrogen) atoms. The van der Waals surface area contributed by atoms with E-state index in [1.807, 2.05) is 0 Å². The number of carbonyl (C=O) groups excluding carboxylic acids is 3. The summed E-state index contributed by atoms with van der Waals surface area (Å²) in [6.07, 6.45) is 3.25. The topological polar surface area (TPSA) is 88.6 Å². The standard InChI is InChI=1S/C16H25N3O4S/c1-12(2)7-9-19(14(21)5-4-6-15(22)23-3)11-13(20)18-16-17-8-10-24-16/h8,10,12H,4-7,9,11H2,1-3H3,(H,17,18,20). The highest BCUT2D eigenvalue weighted by Gasteiger charge is 2.18. The number of ether oxygens (including phenoxy) is 1. The number of thiazole rings is 1. The van der Waals surface area contributed by atoms with Crippen LogP contribution in [0.4, 0.5) is 5.13 Å². The van der Waals surface area contributed by atoms with Crippen molar-refractivity contribution in [2.45, 2.75) is 39.5 Å². The van der Waals surface area contributed by atoms with Gasteiger partial charge in [0, 0.05) is 31.0 Å². The van der Waals surface area contributed by atoms with E-state index in [1.54, 1.807) is 16.5 Å². The van der Waals surface area contributed by atoms with Gasteiger partial charge in [-0.1, -0.05) is 13.8 Å². The highest BCUT2D eigenvalue weighted by molar-refractivity contribution is 7.13. The number of esters is 1. The van der Waals surface area contributed by atoms with Crippen LogP contribution in [0, 0.1) is 5.92 Å². The van der Waals surface area contributed by atoms with Crippen LogP contribution < -0.4 is 5.32 Å². The van der Waals surface area contributed by atoms with Gasteiger partial charge in [0.15, 0.2) is 5.13 Å². The van der Waals surface area contributed by atoms with Gasteiger partial charge in [-0.3, -0.25) is 14.4 Å². The number of carbonyl (C=O) groups is 3. The normalized spacial score (nSPS) is 10.5. The summed E-state index contributed by atoms with van der Waals surface area (Å²) in [6, 6.07) is 0. The van der Waals surface area contributed by atoms with Crippen molar-refractivity contribution in [1.29, 1.82) is 0 Å². The summed E-state index contributed by atoms with van der Waals surface area (Å²) < 4.78 is 4.56. The Morgan fingerprint density at radius 1 is 1.33 bits per heavy atom. The molecule has 1 aromatic heterocycles. The highest BCUT2D eigenvalue weighted by atomic mass is 32.1. The zero-order valence-corrected chi connectivity index (χ0v) is 15.2. The second kappa shape index (κ2) is 10.7. The molecule has 1 N–H and O–H groups in total. The van der Waals surface area contributed by atoms with Gasteiger partial charge in [-0.15, -0.1) is 11.3 Å². The quantitative estimate of drug-likeness (QED) is 0.651. The number of nitrogens with one attached hydrogen (secondary N) is 1. The Balaban J connectivity index is 2.53. The Morgan fingerprint density at radius 2 is 2.08 bits per heavy atom. The summed E-state index contributed by atoms with van der Waals surface area (Å²) >= 11 is 1.33. The van der Waals surface area contributed by atoms with Crippen molar-refractivity contribution in [2.75, 3.05) is 25.5 Å². The summed E-state index contributed by atoms with van der Waals surface area (Å²) in [5.74, 6) is -0.306. The van der Waals surface area contributed by atoms with Crippen molar-refractivity contribution in [2.24, 2.45) is 5.92 Å². The summed E-state index contributed by atoms with van der Waals surface area (Å²) in [4.78, 5) is 41.1. The van der Waals surface area contributed by atoms with Crippen LogP contribution in [0.25, 0.3) is 0 Å². The summed E-state index contributed by atoms with van der Waals surface area (Å²) in [6.45, 7) is 4.63. The maximum Gasteiger partial charge on any atom is 0.305 e. The monoisotopic (exact) mass is 355 g/mol. The van der Waals surface area contributed by atoms with Gasteiger partial charge >= 0.3 is 5.97 Å². The van der Waals surface area contributed by atoms with Crippen molar-refractivity contribution in [3.8, 4) is 0 Å². The lowest BCUT2D eigenvalue weighted by Gasteiger charge is -2.23. The number of methoxy groups -OCH3 is 1. The van der Waals surface area contributed by atoms with Crippen LogP contribution in [0.1, 0.15) is 39.5 Å². The second-order valence-corrected chi connectivity index (χ2v) is 6.71. The minimum atomic E-state index is -0.335. The van der Waals surface area contributed by atoms with Crippen LogP contribution in [0.3, 0.4) is 0 Å². The predicted molar refractivity (Wildman–Crippen MR) is 92.6 cm³/mol. The van der Waals surface area contributed by atoms with Crippen LogP contribution in [0.15, 0.2) is 11.6 Å². The minimum Gasteiger partial charge on any atom is -0.469 e. The Labute approximate surface area is 146 Å². The second-order valence-electron chi connectivity index (χ2n) is 5.81. The molecule has 2 amide bonds. The molecule has 1 aromatic rings. The lowest BCUT2D eigenvalue weighted by atomic mass is 10.1. The van der Waals surface area contributed by atoms with E-state index in [9.17, 15) is 14.4 Å². The molecule has 0 saturated heterocycles. The van der Waals surface area contributed by atoms with Crippen LogP contribution in [-0.2, 0) is 19.1 Å². The molecule has 8 heteroatoms. The molecule has 0 saturated carbocycles. The van der Waals surface area contributed by atoms with Crippen LogP contribution in [0.2, 0.25) is 0 Å². The Hall–Kier alpha value is -1.96. The van der Waals surface area contributed by atoms with Gasteiger partial charge in [-0.25, -0.2) is 4.98 Å². The van der Waals surface area contributed by atoms with Crippen molar-refractivity contribution < 1.29 is 19.1 Å². The Bertz CT molecular complexity index is 531. The third-order valence-electron chi connectivity index (χ3n) is 3.34. The van der Waals surface area contributed by atoms with Crippen molar-refractivity contribution >= 4 is 34.3 Å². The van der Waals surface area contributed by atoms with Gasteiger partial charge in [0.25, 0.3) is 0 Å². The van der Waals surface area contributed by atoms with Crippen LogP contribution in [0.5, 0.6) is 0 Å². The first kappa shape index (κ1) is 20.1. The molecule has 1 heterocycles. The predicted octanol–water partition coefficient (Wildman–Crippen LogP) is 2.30. The SMILES string of the molecule is COC(=O)CCCC(=O)N(CCC(C)C)CC(=O)Nc1nccs1. The van der Waals surface area contributed by atoms with E-state index in [-0.39, 0.29) is 37.2 Å². The first-order valence-corrected chi connectivity index (χ1v) is 8.84. The maximum atomic E-state index is 12.3. The summed E-state index contributed by atoms with van der Waals surface area (Å²) in [5, 5.41) is 4.96. The number of anilines is 1. The molecule has 0 fully saturated rings. The molecule has 0 aliphatic rings. The molecule has 1 rings (SSSR count). The van der Waals surface area contributed by atoms with Gasteiger partial charge in [-0.2, -0.15) is 0 Å². The largest absolute Gasteiger partial charge is 0.469 e. The van der Waals surface area contributed by atoms with E-state index in [0.717, 1.165) is 6.42 Å². The molecule has 0 radical (unpaired) electrons. The molecular weight excluding hydrogens is 330 g/mol. The molecule has 0 unspecified atom stereocenters. The average Bonchev–Trinajstić information content (AvgIpc) is 3.03. The summed E-state index contributed by atoms with van der Waals surface area (Å²) in [5.41, 5.74) is 0. The van der Waals surface area contributed by atoms with E-state index in [4.69, 9.17) is 0 Å². The zero-order chi connectivity index (χ0) is 17.9. The first-order chi connectivity index (χ1) is 11.4. The molecule has 0 aliphatic heterocycles. The van der Waals surface area contributed by atoms with Crippen LogP contribution >= 0.6 is 11.3 Å². The van der Waals surface area contributed by atoms with Gasteiger partial charge in [0.1, 0.15) is 0 Å². The van der Waals surface area contributed by atoms with E-state index < -0.39 is 0 Å². The number of aromatic nitrogens is 1. The van der Waals surface area contributed by atoms with Crippen molar-refractivity contribution in [3.05, 3.63) is 11.6 Å². The Kier molecular flexibility index (Phi) is 8.99. The molecule has 134 valence electrons. The van der Waals surface area contributed by atoms with Crippen LogP contribution in [-0.4, -0.2) is 47.9 Å². The fraction of sp³-hybridized carbons (Fsp3) is 0.625. The van der Waals surface area contributed by atoms with Gasteiger partial charge in [0.05, 0.1) is 13.7 Å². The molecule has 0 aliphatic carbocycles. The van der Waals surface area contributed by atoms with Gasteiger partial charge < -0.3 is 15.0 Å². The number of rotatable bonds is 10. The molecule has 0 bridgehead atoms. The lowest BCUT2D eigenvalue weighted by Crippen LogP contribution is -2.39. The summed E-state index contributed by atoms with van der Waals surface area (Å²) in [7, 11) is 1.32. The van der Waals surface area contributed by atoms with E-state index in [1.165, 1.54) is 18.4 Å². The molecule has 0 atom stereocenters. The van der Waals surface area contributed by atoms with E-state index in [2.05, 4.69) is 28.9 Å². The van der Waals surface area contributed by atoms with Gasteiger partial charge in [0.2, 0.25) is 11.8 Å². The molecule has 0 aromatic carbocycles.